The number of carbonyl (C=O) groups is 1. The maximum Gasteiger partial charge on any atom is 0.241 e. The van der Waals surface area contributed by atoms with Crippen LogP contribution in [0.25, 0.3) is 0 Å². The fraction of sp³-hybridized carbons (Fsp3) is 0.429. The number of amides is 1. The molecule has 0 spiro atoms. The number of carbonyl (C=O) groups excluding carboxylic acids is 1. The zero-order chi connectivity index (χ0) is 20.8. The third-order valence-corrected chi connectivity index (χ3v) is 5.64. The molecule has 1 aromatic carbocycles. The number of nitrogens with one attached hydrogen (secondary N) is 1. The highest BCUT2D eigenvalue weighted by atomic mass is 35.5. The number of rotatable bonds is 7. The van der Waals surface area contributed by atoms with Crippen molar-refractivity contribution in [1.82, 2.24) is 15.2 Å². The van der Waals surface area contributed by atoms with Crippen molar-refractivity contribution in [3.63, 3.8) is 0 Å². The van der Waals surface area contributed by atoms with Gasteiger partial charge >= 0.3 is 0 Å². The van der Waals surface area contributed by atoms with Crippen LogP contribution in [0.4, 0.5) is 5.69 Å². The lowest BCUT2D eigenvalue weighted by Crippen LogP contribution is -2.51. The number of phenolic OH excluding ortho intramolecular Hbond substituents is 1. The molecule has 2 aromatic rings. The molecule has 0 saturated carbocycles. The first-order chi connectivity index (χ1) is 14.0. The van der Waals surface area contributed by atoms with Gasteiger partial charge in [-0.2, -0.15) is 0 Å². The van der Waals surface area contributed by atoms with E-state index in [2.05, 4.69) is 27.0 Å². The van der Waals surface area contributed by atoms with E-state index in [0.29, 0.717) is 42.8 Å². The molecule has 6 nitrogen and oxygen atoms in total. The molecule has 1 unspecified atom stereocenters. The van der Waals surface area contributed by atoms with Crippen molar-refractivity contribution < 1.29 is 9.90 Å². The fourth-order valence-electron chi connectivity index (χ4n) is 3.62. The summed E-state index contributed by atoms with van der Waals surface area (Å²) in [4.78, 5) is 21.3. The molecule has 1 aromatic heterocycles. The third-order valence-electron chi connectivity index (χ3n) is 5.09. The maximum atomic E-state index is 13.0. The van der Waals surface area contributed by atoms with Crippen molar-refractivity contribution in [3.05, 3.63) is 52.3 Å². The Kier molecular flexibility index (Phi) is 7.58. The van der Waals surface area contributed by atoms with E-state index in [0.717, 1.165) is 24.1 Å². The van der Waals surface area contributed by atoms with Crippen LogP contribution >= 0.6 is 23.2 Å². The second kappa shape index (κ2) is 10.1. The van der Waals surface area contributed by atoms with E-state index in [4.69, 9.17) is 23.2 Å². The second-order valence-corrected chi connectivity index (χ2v) is 7.93. The highest BCUT2D eigenvalue weighted by Gasteiger charge is 2.31. The molecular formula is C21H26Cl2N4O2. The van der Waals surface area contributed by atoms with Crippen molar-refractivity contribution >= 4 is 34.8 Å². The Bertz CT molecular complexity index is 821. The van der Waals surface area contributed by atoms with E-state index in [1.807, 2.05) is 6.07 Å². The first-order valence-electron chi connectivity index (χ1n) is 9.86. The van der Waals surface area contributed by atoms with Crippen molar-refractivity contribution in [2.45, 2.75) is 25.8 Å². The van der Waals surface area contributed by atoms with Crippen LogP contribution < -0.4 is 10.2 Å². The van der Waals surface area contributed by atoms with Crippen molar-refractivity contribution in [1.29, 1.82) is 0 Å². The largest absolute Gasteiger partial charge is 0.508 e. The van der Waals surface area contributed by atoms with Crippen molar-refractivity contribution in [3.8, 4) is 5.75 Å². The predicted molar refractivity (Wildman–Crippen MR) is 117 cm³/mol. The van der Waals surface area contributed by atoms with Crippen LogP contribution in [-0.2, 0) is 4.79 Å². The number of anilines is 1. The lowest BCUT2D eigenvalue weighted by molar-refractivity contribution is -0.126. The molecule has 2 heterocycles. The quantitative estimate of drug-likeness (QED) is 0.644. The van der Waals surface area contributed by atoms with Crippen LogP contribution in [0.15, 0.2) is 36.7 Å². The lowest BCUT2D eigenvalue weighted by Gasteiger charge is -2.40. The van der Waals surface area contributed by atoms with Gasteiger partial charge in [-0.05, 0) is 24.1 Å². The first-order valence-corrected chi connectivity index (χ1v) is 10.6. The minimum Gasteiger partial charge on any atom is -0.508 e. The number of phenols is 1. The Morgan fingerprint density at radius 2 is 1.90 bits per heavy atom. The number of aromatic nitrogens is 1. The molecule has 2 N–H and O–H groups in total. The van der Waals surface area contributed by atoms with Gasteiger partial charge in [-0.25, -0.2) is 0 Å². The number of nitrogens with zero attached hydrogens (tertiary/aromatic N) is 3. The average molecular weight is 437 g/mol. The summed E-state index contributed by atoms with van der Waals surface area (Å²) in [6, 6.07) is 6.47. The Morgan fingerprint density at radius 3 is 2.52 bits per heavy atom. The number of pyridine rings is 1. The minimum atomic E-state index is -0.454. The summed E-state index contributed by atoms with van der Waals surface area (Å²) in [5, 5.41) is 14.0. The standard InChI is InChI=1S/C21H26Cl2N4O2/c1-2-3-7-25-21(29)19(15-5-4-6-16(28)12-15)26-8-10-27(11-9-26)20-17(22)13-24-14-18(20)23/h4-6,12-14,19,28H,2-3,7-11H2,1H3,(H,25,29). The number of piperazine rings is 1. The minimum absolute atomic E-state index is 0.0440. The van der Waals surface area contributed by atoms with Gasteiger partial charge in [0.1, 0.15) is 11.8 Å². The molecule has 1 aliphatic rings. The average Bonchev–Trinajstić information content (AvgIpc) is 2.69. The topological polar surface area (TPSA) is 68.7 Å². The highest BCUT2D eigenvalue weighted by Crippen LogP contribution is 2.34. The molecule has 156 valence electrons. The van der Waals surface area contributed by atoms with Crippen LogP contribution in [0.5, 0.6) is 5.75 Å². The fourth-order valence-corrected chi connectivity index (χ4v) is 4.22. The van der Waals surface area contributed by atoms with Gasteiger partial charge in [-0.1, -0.05) is 48.7 Å². The molecule has 1 amide bonds. The lowest BCUT2D eigenvalue weighted by atomic mass is 10.0. The number of aromatic hydroxyl groups is 1. The summed E-state index contributed by atoms with van der Waals surface area (Å²) in [5.41, 5.74) is 1.57. The van der Waals surface area contributed by atoms with E-state index in [-0.39, 0.29) is 11.7 Å². The van der Waals surface area contributed by atoms with E-state index < -0.39 is 6.04 Å². The normalized spacial score (nSPS) is 15.9. The van der Waals surface area contributed by atoms with Gasteiger partial charge in [0, 0.05) is 45.1 Å². The van der Waals surface area contributed by atoms with Crippen LogP contribution in [0.2, 0.25) is 10.0 Å². The molecule has 1 atom stereocenters. The van der Waals surface area contributed by atoms with Gasteiger partial charge < -0.3 is 15.3 Å². The van der Waals surface area contributed by atoms with Crippen LogP contribution in [0.3, 0.4) is 0 Å². The number of unbranched alkanes of at least 4 members (excludes halogenated alkanes) is 1. The molecule has 0 aliphatic carbocycles. The van der Waals surface area contributed by atoms with Gasteiger partial charge in [0.2, 0.25) is 5.91 Å². The molecule has 3 rings (SSSR count). The monoisotopic (exact) mass is 436 g/mol. The van der Waals surface area contributed by atoms with E-state index in [1.165, 1.54) is 0 Å². The summed E-state index contributed by atoms with van der Waals surface area (Å²) in [7, 11) is 0. The molecule has 8 heteroatoms. The summed E-state index contributed by atoms with van der Waals surface area (Å²) >= 11 is 12.6. The number of benzene rings is 1. The van der Waals surface area contributed by atoms with Gasteiger partial charge in [-0.3, -0.25) is 14.7 Å². The summed E-state index contributed by atoms with van der Waals surface area (Å²) < 4.78 is 0. The second-order valence-electron chi connectivity index (χ2n) is 7.12. The zero-order valence-electron chi connectivity index (χ0n) is 16.4. The van der Waals surface area contributed by atoms with Gasteiger partial charge in [0.05, 0.1) is 15.7 Å². The Labute approximate surface area is 181 Å². The van der Waals surface area contributed by atoms with Crippen LogP contribution in [0, 0.1) is 0 Å². The van der Waals surface area contributed by atoms with Crippen LogP contribution in [0.1, 0.15) is 31.4 Å². The SMILES string of the molecule is CCCCNC(=O)C(c1cccc(O)c1)N1CCN(c2c(Cl)cncc2Cl)CC1. The summed E-state index contributed by atoms with van der Waals surface area (Å²) in [5.74, 6) is 0.111. The Hall–Kier alpha value is -2.02. The third kappa shape index (κ3) is 5.32. The van der Waals surface area contributed by atoms with Gasteiger partial charge in [0.25, 0.3) is 0 Å². The molecule has 1 saturated heterocycles. The van der Waals surface area contributed by atoms with Crippen LogP contribution in [-0.4, -0.2) is 53.6 Å². The highest BCUT2D eigenvalue weighted by molar-refractivity contribution is 6.38. The van der Waals surface area contributed by atoms with Gasteiger partial charge in [-0.15, -0.1) is 0 Å². The Morgan fingerprint density at radius 1 is 1.21 bits per heavy atom. The predicted octanol–water partition coefficient (Wildman–Crippen LogP) is 3.87. The summed E-state index contributed by atoms with van der Waals surface area (Å²) in [6.45, 7) is 5.43. The number of hydrogen-bond acceptors (Lipinski definition) is 5. The molecule has 0 bridgehead atoms. The molecule has 0 radical (unpaired) electrons. The van der Waals surface area contributed by atoms with Gasteiger partial charge in [0.15, 0.2) is 0 Å². The number of hydrogen-bond donors (Lipinski definition) is 2. The molecule has 1 aliphatic heterocycles. The zero-order valence-corrected chi connectivity index (χ0v) is 18.0. The smallest absolute Gasteiger partial charge is 0.241 e. The molecule has 1 fully saturated rings. The van der Waals surface area contributed by atoms with E-state index in [9.17, 15) is 9.90 Å². The van der Waals surface area contributed by atoms with E-state index >= 15 is 0 Å². The Balaban J connectivity index is 1.76. The summed E-state index contributed by atoms with van der Waals surface area (Å²) in [6.07, 6.45) is 5.13. The molecule has 29 heavy (non-hydrogen) atoms. The van der Waals surface area contributed by atoms with E-state index in [1.54, 1.807) is 30.6 Å². The first kappa shape index (κ1) is 21.7. The van der Waals surface area contributed by atoms with Crippen molar-refractivity contribution in [2.24, 2.45) is 0 Å². The number of halogens is 2. The maximum absolute atomic E-state index is 13.0. The van der Waals surface area contributed by atoms with Crippen molar-refractivity contribution in [2.75, 3.05) is 37.6 Å². The molecular weight excluding hydrogens is 411 g/mol.